The van der Waals surface area contributed by atoms with Gasteiger partial charge in [-0.3, -0.25) is 0 Å². The minimum atomic E-state index is -0.345. The van der Waals surface area contributed by atoms with Crippen molar-refractivity contribution in [1.82, 2.24) is 0 Å². The van der Waals surface area contributed by atoms with Crippen LogP contribution in [0, 0.1) is 11.8 Å². The van der Waals surface area contributed by atoms with Gasteiger partial charge in [-0.2, -0.15) is 0 Å². The summed E-state index contributed by atoms with van der Waals surface area (Å²) in [6.07, 6.45) is -0.657. The molecule has 38 heavy (non-hydrogen) atoms. The molecule has 2 atom stereocenters. The first kappa shape index (κ1) is 27.8. The second-order valence-corrected chi connectivity index (χ2v) is 11.0. The number of nitrogens with zero attached hydrogens (tertiary/aromatic N) is 2. The largest absolute Gasteiger partial charge is 0.507 e. The molecule has 1 aliphatic rings. The van der Waals surface area contributed by atoms with Crippen LogP contribution in [0.3, 0.4) is 0 Å². The molecule has 0 radical (unpaired) electrons. The molecule has 3 aromatic carbocycles. The maximum atomic E-state index is 11.3. The summed E-state index contributed by atoms with van der Waals surface area (Å²) in [5, 5.41) is 22.6. The van der Waals surface area contributed by atoms with Crippen molar-refractivity contribution in [3.05, 3.63) is 78.4 Å². The normalized spacial score (nSPS) is 20.9. The summed E-state index contributed by atoms with van der Waals surface area (Å²) in [5.74, 6) is 0.681. The Balaban J connectivity index is 1.73. The van der Waals surface area contributed by atoms with Crippen LogP contribution in [-0.4, -0.2) is 55.8 Å². The Kier molecular flexibility index (Phi) is 8.85. The quantitative estimate of drug-likeness (QED) is 0.300. The number of hydrogen-bond donors (Lipinski definition) is 2. The Hall–Kier alpha value is -3.22. The van der Waals surface area contributed by atoms with Crippen molar-refractivity contribution in [1.29, 1.82) is 0 Å². The van der Waals surface area contributed by atoms with Gasteiger partial charge in [0, 0.05) is 68.0 Å². The molecule has 2 unspecified atom stereocenters. The number of hydrogen-bond acceptors (Lipinski definition) is 6. The van der Waals surface area contributed by atoms with Crippen molar-refractivity contribution >= 4 is 17.1 Å². The van der Waals surface area contributed by atoms with Crippen LogP contribution >= 0.6 is 0 Å². The van der Waals surface area contributed by atoms with Crippen molar-refractivity contribution in [2.45, 2.75) is 51.9 Å². The smallest absolute Gasteiger partial charge is 0.125 e. The van der Waals surface area contributed by atoms with Gasteiger partial charge in [-0.15, -0.1) is 0 Å². The molecule has 1 aliphatic carbocycles. The van der Waals surface area contributed by atoms with Crippen molar-refractivity contribution in [2.75, 3.05) is 37.1 Å². The van der Waals surface area contributed by atoms with E-state index in [-0.39, 0.29) is 35.7 Å². The lowest BCUT2D eigenvalue weighted by Crippen LogP contribution is -2.66. The number of anilines is 3. The summed E-state index contributed by atoms with van der Waals surface area (Å²) in [7, 11) is 3.36. The molecular weight excluding hydrogens is 476 g/mol. The van der Waals surface area contributed by atoms with E-state index in [1.165, 1.54) is 0 Å². The van der Waals surface area contributed by atoms with Crippen molar-refractivity contribution < 1.29 is 19.7 Å². The van der Waals surface area contributed by atoms with E-state index in [0.717, 1.165) is 30.2 Å². The van der Waals surface area contributed by atoms with Gasteiger partial charge in [-0.25, -0.2) is 0 Å². The second-order valence-electron chi connectivity index (χ2n) is 11.0. The summed E-state index contributed by atoms with van der Waals surface area (Å²) >= 11 is 0. The Morgan fingerprint density at radius 2 is 1.11 bits per heavy atom. The fourth-order valence-electron chi connectivity index (χ4n) is 5.82. The highest BCUT2D eigenvalue weighted by Crippen LogP contribution is 2.52. The second kappa shape index (κ2) is 12.1. The van der Waals surface area contributed by atoms with Gasteiger partial charge in [-0.1, -0.05) is 64.1 Å². The Bertz CT molecular complexity index is 1080. The average Bonchev–Trinajstić information content (AvgIpc) is 2.88. The van der Waals surface area contributed by atoms with Crippen LogP contribution in [-0.2, 0) is 9.47 Å². The number of para-hydroxylation sites is 2. The zero-order chi connectivity index (χ0) is 27.4. The number of rotatable bonds is 11. The van der Waals surface area contributed by atoms with Gasteiger partial charge in [0.05, 0.1) is 18.2 Å². The van der Waals surface area contributed by atoms with Crippen LogP contribution in [0.5, 0.6) is 11.5 Å². The van der Waals surface area contributed by atoms with Crippen molar-refractivity contribution in [3.8, 4) is 11.5 Å². The van der Waals surface area contributed by atoms with E-state index in [0.29, 0.717) is 17.4 Å². The van der Waals surface area contributed by atoms with E-state index in [2.05, 4.69) is 61.8 Å². The summed E-state index contributed by atoms with van der Waals surface area (Å²) in [4.78, 5) is 4.46. The molecule has 1 saturated carbocycles. The predicted octanol–water partition coefficient (Wildman–Crippen LogP) is 6.55. The molecule has 6 heteroatoms. The summed E-state index contributed by atoms with van der Waals surface area (Å²) in [6, 6.07) is 23.7. The number of benzene rings is 3. The molecule has 0 spiro atoms. The fraction of sp³-hybridized carbons (Fsp3) is 0.438. The molecule has 6 nitrogen and oxygen atoms in total. The van der Waals surface area contributed by atoms with E-state index in [9.17, 15) is 10.2 Å². The summed E-state index contributed by atoms with van der Waals surface area (Å²) in [6.45, 7) is 10.4. The number of phenolic OH excluding ortho intramolecular Hbond substituents is 2. The van der Waals surface area contributed by atoms with Crippen LogP contribution < -0.4 is 9.80 Å². The lowest BCUT2D eigenvalue weighted by Gasteiger charge is -2.55. The molecule has 0 amide bonds. The average molecular weight is 519 g/mol. The first-order chi connectivity index (χ1) is 18.3. The van der Waals surface area contributed by atoms with Crippen LogP contribution in [0.25, 0.3) is 0 Å². The number of phenols is 2. The first-order valence-corrected chi connectivity index (χ1v) is 13.5. The molecule has 0 saturated heterocycles. The number of methoxy groups -OCH3 is 2. The Morgan fingerprint density at radius 1 is 0.684 bits per heavy atom. The third-order valence-electron chi connectivity index (χ3n) is 7.28. The number of ether oxygens (including phenoxy) is 2. The van der Waals surface area contributed by atoms with E-state index >= 15 is 0 Å². The minimum absolute atomic E-state index is 0.0658. The molecule has 0 aliphatic heterocycles. The molecule has 204 valence electrons. The van der Waals surface area contributed by atoms with Crippen LogP contribution in [0.15, 0.2) is 72.8 Å². The molecule has 0 aromatic heterocycles. The van der Waals surface area contributed by atoms with Crippen LogP contribution in [0.4, 0.5) is 17.1 Å². The highest BCUT2D eigenvalue weighted by Gasteiger charge is 2.57. The minimum Gasteiger partial charge on any atom is -0.507 e. The van der Waals surface area contributed by atoms with Crippen molar-refractivity contribution in [3.63, 3.8) is 0 Å². The van der Waals surface area contributed by atoms with Crippen LogP contribution in [0.1, 0.15) is 39.2 Å². The summed E-state index contributed by atoms with van der Waals surface area (Å²) in [5.41, 5.74) is 3.33. The molecule has 4 rings (SSSR count). The molecule has 0 bridgehead atoms. The zero-order valence-corrected chi connectivity index (χ0v) is 23.4. The summed E-state index contributed by atoms with van der Waals surface area (Å²) < 4.78 is 12.1. The standard InChI is InChI=1S/C32H42N2O4/c1-21(2)19-33(20-22(3)4)25-17-26(35)28(27(36)18-25)29-31(37-5)30(32(29)38-6)34(23-13-9-7-10-14-23)24-15-11-8-12-16-24/h7-18,21-22,29-32,35-36H,19-20H2,1-6H3. The van der Waals surface area contributed by atoms with Gasteiger partial charge < -0.3 is 29.5 Å². The van der Waals surface area contributed by atoms with Gasteiger partial charge in [0.15, 0.2) is 0 Å². The van der Waals surface area contributed by atoms with E-state index < -0.39 is 0 Å². The van der Waals surface area contributed by atoms with Crippen LogP contribution in [0.2, 0.25) is 0 Å². The Labute approximate surface area is 227 Å². The van der Waals surface area contributed by atoms with Gasteiger partial charge in [0.2, 0.25) is 0 Å². The van der Waals surface area contributed by atoms with Gasteiger partial charge >= 0.3 is 0 Å². The number of aromatic hydroxyl groups is 2. The monoisotopic (exact) mass is 518 g/mol. The van der Waals surface area contributed by atoms with E-state index in [1.807, 2.05) is 36.4 Å². The van der Waals surface area contributed by atoms with Crippen molar-refractivity contribution in [2.24, 2.45) is 11.8 Å². The molecule has 3 aromatic rings. The highest BCUT2D eigenvalue weighted by molar-refractivity contribution is 5.67. The molecule has 1 fully saturated rings. The lowest BCUT2D eigenvalue weighted by atomic mass is 9.68. The SMILES string of the molecule is COC1C(c2c(O)cc(N(CC(C)C)CC(C)C)cc2O)C(OC)C1N(c1ccccc1)c1ccccc1. The maximum absolute atomic E-state index is 11.3. The Morgan fingerprint density at radius 3 is 1.47 bits per heavy atom. The van der Waals surface area contributed by atoms with E-state index in [1.54, 1.807) is 26.4 Å². The topological polar surface area (TPSA) is 65.4 Å². The van der Waals surface area contributed by atoms with Gasteiger partial charge in [-0.05, 0) is 36.1 Å². The lowest BCUT2D eigenvalue weighted by molar-refractivity contribution is -0.112. The third-order valence-corrected chi connectivity index (χ3v) is 7.28. The predicted molar refractivity (Wildman–Crippen MR) is 155 cm³/mol. The highest BCUT2D eigenvalue weighted by atomic mass is 16.5. The molecule has 2 N–H and O–H groups in total. The first-order valence-electron chi connectivity index (χ1n) is 13.5. The van der Waals surface area contributed by atoms with Gasteiger partial charge in [0.25, 0.3) is 0 Å². The third kappa shape index (κ3) is 5.62. The fourth-order valence-corrected chi connectivity index (χ4v) is 5.82. The van der Waals surface area contributed by atoms with E-state index in [4.69, 9.17) is 9.47 Å². The maximum Gasteiger partial charge on any atom is 0.125 e. The zero-order valence-electron chi connectivity index (χ0n) is 23.4. The van der Waals surface area contributed by atoms with Gasteiger partial charge in [0.1, 0.15) is 11.5 Å². The molecular formula is C32H42N2O4. The molecule has 0 heterocycles.